The molecule has 116 valence electrons. The van der Waals surface area contributed by atoms with Gasteiger partial charge in [-0.1, -0.05) is 6.92 Å². The fraction of sp³-hybridized carbons (Fsp3) is 0.583. The number of anilines is 1. The second-order valence-corrected chi connectivity index (χ2v) is 11.0. The molecule has 0 atom stereocenters. The SMILES string of the molecule is CC1(CS(=O)(=O)N2CCSc3ccncc32)CS(=O)(=O)C1. The highest BCUT2D eigenvalue weighted by Crippen LogP contribution is 2.39. The molecule has 2 aliphatic heterocycles. The molecule has 0 amide bonds. The molecular weight excluding hydrogens is 332 g/mol. The van der Waals surface area contributed by atoms with E-state index in [1.807, 2.05) is 0 Å². The maximum Gasteiger partial charge on any atom is 0.235 e. The molecule has 1 fully saturated rings. The zero-order valence-corrected chi connectivity index (χ0v) is 14.0. The molecule has 1 aromatic rings. The zero-order chi connectivity index (χ0) is 15.3. The van der Waals surface area contributed by atoms with E-state index in [1.165, 1.54) is 4.31 Å². The average Bonchev–Trinajstić information content (AvgIpc) is 2.34. The van der Waals surface area contributed by atoms with Crippen LogP contribution in [0.25, 0.3) is 0 Å². The summed E-state index contributed by atoms with van der Waals surface area (Å²) in [5.74, 6) is 0.437. The molecular formula is C12H16N2O4S3. The van der Waals surface area contributed by atoms with Crippen molar-refractivity contribution in [2.45, 2.75) is 11.8 Å². The van der Waals surface area contributed by atoms with Crippen LogP contribution < -0.4 is 4.31 Å². The van der Waals surface area contributed by atoms with Gasteiger partial charge in [-0.3, -0.25) is 9.29 Å². The van der Waals surface area contributed by atoms with Gasteiger partial charge in [-0.25, -0.2) is 16.8 Å². The van der Waals surface area contributed by atoms with Crippen molar-refractivity contribution in [1.82, 2.24) is 4.98 Å². The molecule has 0 aromatic carbocycles. The van der Waals surface area contributed by atoms with Crippen molar-refractivity contribution < 1.29 is 16.8 Å². The topological polar surface area (TPSA) is 84.4 Å². The van der Waals surface area contributed by atoms with Crippen LogP contribution in [0.3, 0.4) is 0 Å². The number of aromatic nitrogens is 1. The van der Waals surface area contributed by atoms with Crippen molar-refractivity contribution in [1.29, 1.82) is 0 Å². The molecule has 21 heavy (non-hydrogen) atoms. The van der Waals surface area contributed by atoms with Crippen molar-refractivity contribution in [3.8, 4) is 0 Å². The molecule has 3 heterocycles. The fourth-order valence-electron chi connectivity index (χ4n) is 2.95. The molecule has 0 saturated carbocycles. The van der Waals surface area contributed by atoms with Gasteiger partial charge >= 0.3 is 0 Å². The van der Waals surface area contributed by atoms with E-state index < -0.39 is 25.3 Å². The number of sulfonamides is 1. The van der Waals surface area contributed by atoms with E-state index >= 15 is 0 Å². The van der Waals surface area contributed by atoms with Gasteiger partial charge in [0.05, 0.1) is 29.1 Å². The van der Waals surface area contributed by atoms with Crippen molar-refractivity contribution in [2.24, 2.45) is 5.41 Å². The van der Waals surface area contributed by atoms with Crippen molar-refractivity contribution in [3.63, 3.8) is 0 Å². The first kappa shape index (κ1) is 15.1. The quantitative estimate of drug-likeness (QED) is 0.802. The van der Waals surface area contributed by atoms with Crippen LogP contribution in [0.1, 0.15) is 6.92 Å². The van der Waals surface area contributed by atoms with E-state index in [1.54, 1.807) is 37.1 Å². The van der Waals surface area contributed by atoms with E-state index in [0.717, 1.165) is 4.90 Å². The number of pyridine rings is 1. The van der Waals surface area contributed by atoms with Gasteiger partial charge in [0.1, 0.15) is 0 Å². The summed E-state index contributed by atoms with van der Waals surface area (Å²) in [7, 11) is -6.60. The molecule has 2 aliphatic rings. The van der Waals surface area contributed by atoms with Crippen LogP contribution in [0.5, 0.6) is 0 Å². The van der Waals surface area contributed by atoms with Crippen LogP contribution in [0.15, 0.2) is 23.4 Å². The first-order valence-electron chi connectivity index (χ1n) is 6.49. The second kappa shape index (κ2) is 4.85. The molecule has 1 aromatic heterocycles. The van der Waals surface area contributed by atoms with Gasteiger partial charge in [0, 0.05) is 28.8 Å². The second-order valence-electron chi connectivity index (χ2n) is 5.86. The highest BCUT2D eigenvalue weighted by Gasteiger charge is 2.48. The molecule has 6 nitrogen and oxygen atoms in total. The number of hydrogen-bond acceptors (Lipinski definition) is 6. The Hall–Kier alpha value is -0.800. The Labute approximate surface area is 128 Å². The minimum Gasteiger partial charge on any atom is -0.267 e. The van der Waals surface area contributed by atoms with Gasteiger partial charge in [-0.2, -0.15) is 0 Å². The summed E-state index contributed by atoms with van der Waals surface area (Å²) in [5.41, 5.74) is -0.0792. The van der Waals surface area contributed by atoms with Crippen LogP contribution in [0.4, 0.5) is 5.69 Å². The van der Waals surface area contributed by atoms with Gasteiger partial charge in [0.15, 0.2) is 9.84 Å². The molecule has 0 bridgehead atoms. The smallest absolute Gasteiger partial charge is 0.235 e. The van der Waals surface area contributed by atoms with Gasteiger partial charge in [-0.05, 0) is 6.07 Å². The number of thioether (sulfide) groups is 1. The summed E-state index contributed by atoms with van der Waals surface area (Å²) in [6, 6.07) is 1.80. The fourth-order valence-corrected chi connectivity index (χ4v) is 8.64. The largest absolute Gasteiger partial charge is 0.267 e. The lowest BCUT2D eigenvalue weighted by molar-refractivity contribution is 0.410. The molecule has 0 unspecified atom stereocenters. The molecule has 0 aliphatic carbocycles. The highest BCUT2D eigenvalue weighted by atomic mass is 32.2. The Morgan fingerprint density at radius 2 is 2.14 bits per heavy atom. The Morgan fingerprint density at radius 1 is 1.43 bits per heavy atom. The standard InChI is InChI=1S/C12H16N2O4S3/c1-12(7-20(15,16)8-12)9-21(17,18)14-4-5-19-11-2-3-13-6-10(11)14/h2-3,6H,4-5,7-9H2,1H3. The first-order chi connectivity index (χ1) is 9.71. The lowest BCUT2D eigenvalue weighted by atomic mass is 9.98. The van der Waals surface area contributed by atoms with E-state index in [4.69, 9.17) is 0 Å². The summed E-state index contributed by atoms with van der Waals surface area (Å²) in [5, 5.41) is 0. The van der Waals surface area contributed by atoms with Crippen molar-refractivity contribution in [3.05, 3.63) is 18.5 Å². The number of fused-ring (bicyclic) bond motifs is 1. The molecule has 9 heteroatoms. The maximum absolute atomic E-state index is 12.7. The van der Waals surface area contributed by atoms with E-state index in [0.29, 0.717) is 18.0 Å². The normalized spacial score (nSPS) is 23.2. The summed E-state index contributed by atoms with van der Waals surface area (Å²) in [6.45, 7) is 2.11. The Bertz CT molecular complexity index is 761. The van der Waals surface area contributed by atoms with E-state index in [2.05, 4.69) is 4.98 Å². The summed E-state index contributed by atoms with van der Waals surface area (Å²) in [6.07, 6.45) is 3.20. The lowest BCUT2D eigenvalue weighted by Crippen LogP contribution is -2.53. The first-order valence-corrected chi connectivity index (χ1v) is 10.9. The maximum atomic E-state index is 12.7. The Balaban J connectivity index is 1.87. The van der Waals surface area contributed by atoms with Gasteiger partial charge in [-0.15, -0.1) is 11.8 Å². The van der Waals surface area contributed by atoms with Crippen molar-refractivity contribution >= 4 is 37.3 Å². The molecule has 0 spiro atoms. The molecule has 0 radical (unpaired) electrons. The van der Waals surface area contributed by atoms with Crippen LogP contribution in [0, 0.1) is 5.41 Å². The summed E-state index contributed by atoms with van der Waals surface area (Å²) < 4.78 is 49.4. The number of sulfone groups is 1. The third-order valence-corrected chi connectivity index (χ3v) is 9.01. The summed E-state index contributed by atoms with van der Waals surface area (Å²) >= 11 is 1.60. The minimum atomic E-state index is -3.55. The highest BCUT2D eigenvalue weighted by molar-refractivity contribution is 8.00. The number of hydrogen-bond donors (Lipinski definition) is 0. The van der Waals surface area contributed by atoms with Gasteiger partial charge in [0.2, 0.25) is 10.0 Å². The predicted molar refractivity (Wildman–Crippen MR) is 82.9 cm³/mol. The van der Waals surface area contributed by atoms with Crippen LogP contribution in [-0.2, 0) is 19.9 Å². The minimum absolute atomic E-state index is 0.0539. The van der Waals surface area contributed by atoms with E-state index in [-0.39, 0.29) is 17.3 Å². The van der Waals surface area contributed by atoms with Gasteiger partial charge < -0.3 is 0 Å². The number of nitrogens with zero attached hydrogens (tertiary/aromatic N) is 2. The monoisotopic (exact) mass is 348 g/mol. The van der Waals surface area contributed by atoms with Crippen LogP contribution >= 0.6 is 11.8 Å². The third kappa shape index (κ3) is 2.91. The van der Waals surface area contributed by atoms with Crippen molar-refractivity contribution in [2.75, 3.05) is 33.9 Å². The third-order valence-electron chi connectivity index (χ3n) is 3.59. The Kier molecular flexibility index (Phi) is 3.49. The number of rotatable bonds is 3. The lowest BCUT2D eigenvalue weighted by Gasteiger charge is -2.39. The zero-order valence-electron chi connectivity index (χ0n) is 11.5. The van der Waals surface area contributed by atoms with E-state index in [9.17, 15) is 16.8 Å². The van der Waals surface area contributed by atoms with Gasteiger partial charge in [0.25, 0.3) is 0 Å². The molecule has 0 N–H and O–H groups in total. The average molecular weight is 348 g/mol. The summed E-state index contributed by atoms with van der Waals surface area (Å²) in [4.78, 5) is 4.89. The molecule has 1 saturated heterocycles. The Morgan fingerprint density at radius 3 is 2.81 bits per heavy atom. The predicted octanol–water partition coefficient (Wildman–Crippen LogP) is 0.758. The molecule has 3 rings (SSSR count). The van der Waals surface area contributed by atoms with Crippen LogP contribution in [0.2, 0.25) is 0 Å². The van der Waals surface area contributed by atoms with Crippen LogP contribution in [-0.4, -0.2) is 51.4 Å².